The Balaban J connectivity index is 2.51. The Labute approximate surface area is 76.4 Å². The molecule has 13 heavy (non-hydrogen) atoms. The van der Waals surface area contributed by atoms with Gasteiger partial charge >= 0.3 is 11.4 Å². The molecule has 0 spiro atoms. The molecule has 1 unspecified atom stereocenters. The van der Waals surface area contributed by atoms with Crippen molar-refractivity contribution in [3.63, 3.8) is 0 Å². The van der Waals surface area contributed by atoms with Crippen LogP contribution >= 0.6 is 0 Å². The average molecular weight is 198 g/mol. The number of nitrogens with zero attached hydrogens (tertiary/aromatic N) is 2. The number of aromatic nitrogens is 2. The van der Waals surface area contributed by atoms with E-state index in [-0.39, 0.29) is 0 Å². The van der Waals surface area contributed by atoms with E-state index in [9.17, 15) is 4.21 Å². The summed E-state index contributed by atoms with van der Waals surface area (Å²) in [7, 11) is 0. The van der Waals surface area contributed by atoms with Crippen LogP contribution in [0.3, 0.4) is 0 Å². The second-order valence-corrected chi connectivity index (χ2v) is 2.93. The van der Waals surface area contributed by atoms with Crippen molar-refractivity contribution in [2.45, 2.75) is 0 Å². The Morgan fingerprint density at radius 1 is 1.46 bits per heavy atom. The van der Waals surface area contributed by atoms with Gasteiger partial charge in [-0.3, -0.25) is 8.84 Å². The van der Waals surface area contributed by atoms with Crippen molar-refractivity contribution in [1.82, 2.24) is 9.71 Å². The quantitative estimate of drug-likeness (QED) is 0.718. The highest BCUT2D eigenvalue weighted by Gasteiger charge is 2.03. The zero-order chi connectivity index (χ0) is 9.26. The lowest BCUT2D eigenvalue weighted by Gasteiger charge is -1.99. The molecule has 0 fully saturated rings. The summed E-state index contributed by atoms with van der Waals surface area (Å²) < 4.78 is 24.5. The summed E-state index contributed by atoms with van der Waals surface area (Å²) >= 11 is -2.33. The molecule has 2 aromatic rings. The van der Waals surface area contributed by atoms with Crippen molar-refractivity contribution < 1.29 is 13.0 Å². The monoisotopic (exact) mass is 198 g/mol. The predicted octanol–water partition coefficient (Wildman–Crippen LogP) is 0.602. The highest BCUT2D eigenvalue weighted by Crippen LogP contribution is 2.09. The van der Waals surface area contributed by atoms with Gasteiger partial charge in [0.2, 0.25) is 0 Å². The Bertz CT molecular complexity index is 454. The molecule has 1 heterocycles. The highest BCUT2D eigenvalue weighted by atomic mass is 32.2. The number of para-hydroxylation sites is 2. The summed E-state index contributed by atoms with van der Waals surface area (Å²) in [5.74, 6) is 0. The summed E-state index contributed by atoms with van der Waals surface area (Å²) in [6, 6.07) is 7.16. The molecule has 1 aromatic carbocycles. The first kappa shape index (κ1) is 8.21. The molecule has 0 saturated carbocycles. The van der Waals surface area contributed by atoms with Gasteiger partial charge in [-0.2, -0.15) is 8.94 Å². The lowest BCUT2D eigenvalue weighted by molar-refractivity contribution is 0.281. The number of rotatable bonds is 2. The van der Waals surface area contributed by atoms with Gasteiger partial charge in [-0.15, -0.1) is 0 Å². The lowest BCUT2D eigenvalue weighted by Crippen LogP contribution is -2.11. The molecule has 1 N–H and O–H groups in total. The highest BCUT2D eigenvalue weighted by molar-refractivity contribution is 7.74. The van der Waals surface area contributed by atoms with Gasteiger partial charge in [0, 0.05) is 0 Å². The van der Waals surface area contributed by atoms with Crippen molar-refractivity contribution in [2.24, 2.45) is 0 Å². The van der Waals surface area contributed by atoms with E-state index in [1.807, 2.05) is 6.07 Å². The fraction of sp³-hybridized carbons (Fsp3) is 0. The van der Waals surface area contributed by atoms with Crippen LogP contribution in [0.25, 0.3) is 11.0 Å². The minimum atomic E-state index is -2.33. The van der Waals surface area contributed by atoms with E-state index in [1.54, 1.807) is 18.2 Å². The van der Waals surface area contributed by atoms with E-state index in [4.69, 9.17) is 4.55 Å². The van der Waals surface area contributed by atoms with Crippen LogP contribution in [0.5, 0.6) is 0 Å². The van der Waals surface area contributed by atoms with Crippen molar-refractivity contribution in [3.8, 4) is 0 Å². The van der Waals surface area contributed by atoms with Crippen molar-refractivity contribution in [2.75, 3.05) is 0 Å². The Morgan fingerprint density at radius 3 is 3.00 bits per heavy atom. The van der Waals surface area contributed by atoms with Gasteiger partial charge < -0.3 is 0 Å². The van der Waals surface area contributed by atoms with Crippen LogP contribution in [0.15, 0.2) is 30.6 Å². The summed E-state index contributed by atoms with van der Waals surface area (Å²) in [5, 5.41) is 0. The van der Waals surface area contributed by atoms with E-state index in [0.29, 0.717) is 11.0 Å². The third-order valence-corrected chi connectivity index (χ3v) is 1.85. The largest absolute Gasteiger partial charge is 0.377 e. The van der Waals surface area contributed by atoms with Crippen LogP contribution < -0.4 is 4.28 Å². The van der Waals surface area contributed by atoms with Gasteiger partial charge in [0.1, 0.15) is 11.8 Å². The van der Waals surface area contributed by atoms with E-state index >= 15 is 0 Å². The first-order valence-electron chi connectivity index (χ1n) is 3.49. The van der Waals surface area contributed by atoms with Crippen LogP contribution in [0, 0.1) is 0 Å². The Kier molecular flexibility index (Phi) is 1.99. The number of hydrogen-bond acceptors (Lipinski definition) is 3. The molecule has 5 nitrogen and oxygen atoms in total. The second kappa shape index (κ2) is 3.15. The molecule has 0 aliphatic rings. The van der Waals surface area contributed by atoms with Gasteiger partial charge in [0.15, 0.2) is 0 Å². The minimum absolute atomic E-state index is 0.657. The summed E-state index contributed by atoms with van der Waals surface area (Å²) in [5.41, 5.74) is 1.37. The van der Waals surface area contributed by atoms with Crippen molar-refractivity contribution in [1.29, 1.82) is 0 Å². The van der Waals surface area contributed by atoms with E-state index < -0.39 is 11.4 Å². The Morgan fingerprint density at radius 2 is 2.23 bits per heavy atom. The smallest absolute Gasteiger partial charge is 0.283 e. The fourth-order valence-corrected chi connectivity index (χ4v) is 1.32. The molecular weight excluding hydrogens is 192 g/mol. The molecule has 0 bridgehead atoms. The maximum atomic E-state index is 10.4. The molecular formula is C7H6N2O3S. The zero-order valence-corrected chi connectivity index (χ0v) is 7.27. The van der Waals surface area contributed by atoms with Gasteiger partial charge in [0.25, 0.3) is 0 Å². The Hall–Kier alpha value is -1.40. The van der Waals surface area contributed by atoms with E-state index in [1.165, 1.54) is 6.33 Å². The zero-order valence-electron chi connectivity index (χ0n) is 6.45. The van der Waals surface area contributed by atoms with Crippen molar-refractivity contribution >= 4 is 22.4 Å². The second-order valence-electron chi connectivity index (χ2n) is 2.35. The molecule has 1 atom stereocenters. The number of fused-ring (bicyclic) bond motifs is 1. The third kappa shape index (κ3) is 1.53. The first-order chi connectivity index (χ1) is 6.27. The van der Waals surface area contributed by atoms with Gasteiger partial charge in [-0.1, -0.05) is 12.1 Å². The van der Waals surface area contributed by atoms with Crippen LogP contribution in [0.2, 0.25) is 0 Å². The SMILES string of the molecule is O=S(O)On1cnc2ccccc21. The molecule has 1 aromatic heterocycles. The summed E-state index contributed by atoms with van der Waals surface area (Å²) in [6.07, 6.45) is 1.35. The fourth-order valence-electron chi connectivity index (χ4n) is 1.06. The van der Waals surface area contributed by atoms with E-state index in [0.717, 1.165) is 4.73 Å². The van der Waals surface area contributed by atoms with Gasteiger partial charge in [0.05, 0.1) is 5.52 Å². The van der Waals surface area contributed by atoms with E-state index in [2.05, 4.69) is 9.27 Å². The number of hydrogen-bond donors (Lipinski definition) is 1. The number of benzene rings is 1. The normalized spacial score (nSPS) is 13.0. The van der Waals surface area contributed by atoms with Gasteiger partial charge in [-0.05, 0) is 12.1 Å². The van der Waals surface area contributed by atoms with Crippen LogP contribution in [0.1, 0.15) is 0 Å². The molecule has 0 saturated heterocycles. The van der Waals surface area contributed by atoms with Crippen LogP contribution in [0.4, 0.5) is 0 Å². The van der Waals surface area contributed by atoms with Crippen LogP contribution in [-0.2, 0) is 11.4 Å². The molecule has 68 valence electrons. The lowest BCUT2D eigenvalue weighted by atomic mass is 10.3. The summed E-state index contributed by atoms with van der Waals surface area (Å²) in [4.78, 5) is 3.96. The maximum Gasteiger partial charge on any atom is 0.377 e. The standard InChI is InChI=1S/C7H6N2O3S/c10-13(11)12-9-5-8-6-3-1-2-4-7(6)9/h1-5H,(H,10,11). The van der Waals surface area contributed by atoms with Crippen LogP contribution in [-0.4, -0.2) is 18.5 Å². The molecule has 6 heteroatoms. The molecule has 0 amide bonds. The topological polar surface area (TPSA) is 64.3 Å². The molecule has 0 aliphatic carbocycles. The summed E-state index contributed by atoms with van der Waals surface area (Å²) in [6.45, 7) is 0. The molecule has 0 aliphatic heterocycles. The van der Waals surface area contributed by atoms with Gasteiger partial charge in [-0.25, -0.2) is 4.98 Å². The first-order valence-corrected chi connectivity index (χ1v) is 4.52. The van der Waals surface area contributed by atoms with Crippen molar-refractivity contribution in [3.05, 3.63) is 30.6 Å². The predicted molar refractivity (Wildman–Crippen MR) is 47.1 cm³/mol. The molecule has 2 rings (SSSR count). The number of imidazole rings is 1. The molecule has 0 radical (unpaired) electrons. The minimum Gasteiger partial charge on any atom is -0.283 e. The maximum absolute atomic E-state index is 10.4. The average Bonchev–Trinajstić information content (AvgIpc) is 2.48. The third-order valence-electron chi connectivity index (χ3n) is 1.56.